The van der Waals surface area contributed by atoms with Crippen LogP contribution in [0.15, 0.2) is 54.7 Å². The highest BCUT2D eigenvalue weighted by molar-refractivity contribution is 5.73. The van der Waals surface area contributed by atoms with Crippen LogP contribution >= 0.6 is 0 Å². The largest absolute Gasteiger partial charge is 0.324 e. The van der Waals surface area contributed by atoms with Crippen LogP contribution in [0.2, 0.25) is 0 Å². The van der Waals surface area contributed by atoms with Gasteiger partial charge in [0.1, 0.15) is 0 Å². The molecule has 40 heavy (non-hydrogen) atoms. The van der Waals surface area contributed by atoms with Crippen LogP contribution in [-0.2, 0) is 13.1 Å². The zero-order valence-electron chi connectivity index (χ0n) is 24.0. The third-order valence-corrected chi connectivity index (χ3v) is 8.91. The Balaban J connectivity index is 1.24. The molecule has 2 heterocycles. The molecule has 0 spiro atoms. The van der Waals surface area contributed by atoms with Crippen molar-refractivity contribution in [2.45, 2.75) is 89.4 Å². The van der Waals surface area contributed by atoms with Crippen LogP contribution < -0.4 is 5.32 Å². The molecular formula is C32H42N8. The Morgan fingerprint density at radius 2 is 1.38 bits per heavy atom. The van der Waals surface area contributed by atoms with Gasteiger partial charge >= 0.3 is 0 Å². The van der Waals surface area contributed by atoms with Gasteiger partial charge in [-0.1, -0.05) is 80.1 Å². The second kappa shape index (κ2) is 12.4. The lowest BCUT2D eigenvalue weighted by molar-refractivity contribution is 0.184. The van der Waals surface area contributed by atoms with E-state index in [1.165, 1.54) is 75.3 Å². The van der Waals surface area contributed by atoms with Crippen molar-refractivity contribution in [3.8, 4) is 5.69 Å². The van der Waals surface area contributed by atoms with E-state index in [0.29, 0.717) is 29.2 Å². The first-order valence-corrected chi connectivity index (χ1v) is 15.1. The van der Waals surface area contributed by atoms with Gasteiger partial charge in [-0.2, -0.15) is 9.67 Å². The second-order valence-corrected chi connectivity index (χ2v) is 11.7. The average Bonchev–Trinajstić information content (AvgIpc) is 3.42. The number of rotatable bonds is 9. The molecule has 0 aliphatic heterocycles. The molecule has 2 aliphatic carbocycles. The Morgan fingerprint density at radius 1 is 0.775 bits per heavy atom. The van der Waals surface area contributed by atoms with Crippen LogP contribution in [0.3, 0.4) is 0 Å². The molecule has 6 rings (SSSR count). The van der Waals surface area contributed by atoms with Crippen molar-refractivity contribution < 1.29 is 0 Å². The fourth-order valence-electron chi connectivity index (χ4n) is 6.54. The average molecular weight is 539 g/mol. The SMILES string of the molecule is CN(Cc1ccccc1Nc1ncc2nnn(-c3ccccc3CN(C)C3CCCCC3)c2n1)C1CCCCC1. The number of fused-ring (bicyclic) bond motifs is 1. The van der Waals surface area contributed by atoms with Gasteiger partial charge in [0.15, 0.2) is 11.2 Å². The molecule has 0 atom stereocenters. The summed E-state index contributed by atoms with van der Waals surface area (Å²) in [5, 5.41) is 12.4. The molecule has 210 valence electrons. The van der Waals surface area contributed by atoms with E-state index in [1.807, 2.05) is 4.68 Å². The lowest BCUT2D eigenvalue weighted by Gasteiger charge is -2.31. The van der Waals surface area contributed by atoms with E-state index in [1.54, 1.807) is 6.20 Å². The molecule has 8 heteroatoms. The van der Waals surface area contributed by atoms with Gasteiger partial charge in [0.05, 0.1) is 11.9 Å². The smallest absolute Gasteiger partial charge is 0.229 e. The monoisotopic (exact) mass is 538 g/mol. The van der Waals surface area contributed by atoms with Crippen molar-refractivity contribution in [1.29, 1.82) is 0 Å². The van der Waals surface area contributed by atoms with Crippen molar-refractivity contribution >= 4 is 22.8 Å². The van der Waals surface area contributed by atoms with Gasteiger partial charge in [0.2, 0.25) is 5.95 Å². The quantitative estimate of drug-likeness (QED) is 0.261. The van der Waals surface area contributed by atoms with Crippen LogP contribution in [-0.4, -0.2) is 60.9 Å². The normalized spacial score (nSPS) is 17.2. The van der Waals surface area contributed by atoms with Crippen molar-refractivity contribution in [2.24, 2.45) is 0 Å². The van der Waals surface area contributed by atoms with Crippen LogP contribution in [0.5, 0.6) is 0 Å². The maximum Gasteiger partial charge on any atom is 0.229 e. The third kappa shape index (κ3) is 6.03. The summed E-state index contributed by atoms with van der Waals surface area (Å²) in [5.74, 6) is 0.556. The molecular weight excluding hydrogens is 496 g/mol. The molecule has 1 N–H and O–H groups in total. The predicted molar refractivity (Wildman–Crippen MR) is 161 cm³/mol. The number of nitrogens with one attached hydrogen (secondary N) is 1. The molecule has 2 saturated carbocycles. The number of para-hydroxylation sites is 2. The summed E-state index contributed by atoms with van der Waals surface area (Å²) in [7, 11) is 4.50. The van der Waals surface area contributed by atoms with Gasteiger partial charge in [0.25, 0.3) is 0 Å². The summed E-state index contributed by atoms with van der Waals surface area (Å²) in [6.07, 6.45) is 15.0. The summed E-state index contributed by atoms with van der Waals surface area (Å²) in [6, 6.07) is 18.3. The topological polar surface area (TPSA) is 75.0 Å². The molecule has 8 nitrogen and oxygen atoms in total. The molecule has 0 bridgehead atoms. The molecule has 2 aromatic carbocycles. The zero-order valence-corrected chi connectivity index (χ0v) is 24.0. The lowest BCUT2D eigenvalue weighted by atomic mass is 9.94. The Bertz CT molecular complexity index is 1400. The van der Waals surface area contributed by atoms with E-state index in [4.69, 9.17) is 4.98 Å². The van der Waals surface area contributed by atoms with Gasteiger partial charge < -0.3 is 5.32 Å². The van der Waals surface area contributed by atoms with Gasteiger partial charge in [-0.15, -0.1) is 5.10 Å². The van der Waals surface area contributed by atoms with Crippen molar-refractivity contribution in [3.05, 3.63) is 65.9 Å². The van der Waals surface area contributed by atoms with Gasteiger partial charge in [-0.3, -0.25) is 9.80 Å². The minimum Gasteiger partial charge on any atom is -0.324 e. The first-order chi connectivity index (χ1) is 19.7. The number of nitrogens with zero attached hydrogens (tertiary/aromatic N) is 7. The molecule has 4 aromatic rings. The van der Waals surface area contributed by atoms with E-state index in [-0.39, 0.29) is 0 Å². The van der Waals surface area contributed by atoms with Crippen LogP contribution in [0.25, 0.3) is 16.9 Å². The summed E-state index contributed by atoms with van der Waals surface area (Å²) in [4.78, 5) is 14.5. The molecule has 2 fully saturated rings. The highest BCUT2D eigenvalue weighted by Crippen LogP contribution is 2.28. The summed E-state index contributed by atoms with van der Waals surface area (Å²) in [6.45, 7) is 1.78. The fourth-order valence-corrected chi connectivity index (χ4v) is 6.54. The molecule has 2 aliphatic rings. The van der Waals surface area contributed by atoms with Crippen LogP contribution in [0.4, 0.5) is 11.6 Å². The number of anilines is 2. The van der Waals surface area contributed by atoms with Crippen molar-refractivity contribution in [3.63, 3.8) is 0 Å². The number of benzene rings is 2. The Morgan fingerprint density at radius 3 is 2.08 bits per heavy atom. The van der Waals surface area contributed by atoms with E-state index >= 15 is 0 Å². The zero-order chi connectivity index (χ0) is 27.3. The third-order valence-electron chi connectivity index (χ3n) is 8.91. The van der Waals surface area contributed by atoms with E-state index < -0.39 is 0 Å². The van der Waals surface area contributed by atoms with Crippen LogP contribution in [0, 0.1) is 0 Å². The minimum absolute atomic E-state index is 0.556. The first kappa shape index (κ1) is 26.8. The molecule has 2 aromatic heterocycles. The summed E-state index contributed by atoms with van der Waals surface area (Å²) >= 11 is 0. The van der Waals surface area contributed by atoms with Crippen LogP contribution in [0.1, 0.15) is 75.3 Å². The highest BCUT2D eigenvalue weighted by atomic mass is 15.4. The van der Waals surface area contributed by atoms with E-state index in [0.717, 1.165) is 24.5 Å². The number of aromatic nitrogens is 5. The maximum atomic E-state index is 4.92. The maximum absolute atomic E-state index is 4.92. The highest BCUT2D eigenvalue weighted by Gasteiger charge is 2.21. The standard InChI is InChI=1S/C32H42N8/c1-38(26-15-5-3-6-16-26)22-24-13-9-11-19-28(24)34-32-33-21-29-31(35-32)40(37-36-29)30-20-12-10-14-25(30)23-39(2)27-17-7-4-8-18-27/h9-14,19-21,26-27H,3-8,15-18,22-23H2,1-2H3,(H,33,34,35). The number of hydrogen-bond acceptors (Lipinski definition) is 7. The van der Waals surface area contributed by atoms with Gasteiger partial charge in [0, 0.05) is 30.9 Å². The molecule has 0 amide bonds. The minimum atomic E-state index is 0.556. The van der Waals surface area contributed by atoms with Crippen molar-refractivity contribution in [1.82, 2.24) is 34.8 Å². The number of hydrogen-bond donors (Lipinski definition) is 1. The van der Waals surface area contributed by atoms with Gasteiger partial charge in [-0.25, -0.2) is 4.98 Å². The fraction of sp³-hybridized carbons (Fsp3) is 0.500. The summed E-state index contributed by atoms with van der Waals surface area (Å²) in [5.41, 5.74) is 5.94. The Hall–Kier alpha value is -3.36. The molecule has 0 saturated heterocycles. The first-order valence-electron chi connectivity index (χ1n) is 15.1. The van der Waals surface area contributed by atoms with E-state index in [9.17, 15) is 0 Å². The summed E-state index contributed by atoms with van der Waals surface area (Å²) < 4.78 is 1.87. The Kier molecular flexibility index (Phi) is 8.35. The molecule has 0 radical (unpaired) electrons. The second-order valence-electron chi connectivity index (χ2n) is 11.7. The molecule has 0 unspecified atom stereocenters. The lowest BCUT2D eigenvalue weighted by Crippen LogP contribution is -2.33. The van der Waals surface area contributed by atoms with E-state index in [2.05, 4.69) is 93.0 Å². The van der Waals surface area contributed by atoms with Crippen molar-refractivity contribution in [2.75, 3.05) is 19.4 Å². The predicted octanol–water partition coefficient (Wildman–Crippen LogP) is 6.48. The Labute approximate surface area is 237 Å². The van der Waals surface area contributed by atoms with Gasteiger partial charge in [-0.05, 0) is 63.0 Å².